The minimum absolute atomic E-state index is 0.0323. The number of aryl methyl sites for hydroxylation is 1. The minimum atomic E-state index is -1.41. The Morgan fingerprint density at radius 3 is 2.21 bits per heavy atom. The van der Waals surface area contributed by atoms with E-state index in [4.69, 9.17) is 4.74 Å². The van der Waals surface area contributed by atoms with Gasteiger partial charge in [0.05, 0.1) is 0 Å². The zero-order valence-electron chi connectivity index (χ0n) is 18.5. The van der Waals surface area contributed by atoms with E-state index in [0.717, 1.165) is 5.56 Å². The van der Waals surface area contributed by atoms with Gasteiger partial charge in [0.15, 0.2) is 0 Å². The Bertz CT molecular complexity index is 1240. The lowest BCUT2D eigenvalue weighted by Gasteiger charge is -2.38. The molecule has 0 unspecified atom stereocenters. The molecule has 4 aromatic rings. The molecular formula is C27H23FN2O3S. The predicted molar refractivity (Wildman–Crippen MR) is 130 cm³/mol. The average molecular weight is 475 g/mol. The lowest BCUT2D eigenvalue weighted by Crippen LogP contribution is -2.47. The standard InChI is InChI=1S/C27H23FN2O3S/c1-19-16-17-29-26(30-19)33-24(25(31)32)27(21-10-6-3-7-11-21,22-12-14-23(28)15-13-22)34-18-20-8-4-2-5-9-20/h2-17,24H,18H2,1H3,(H,31,32)/t24-,27+/m0/s1. The summed E-state index contributed by atoms with van der Waals surface area (Å²) < 4.78 is 18.7. The summed E-state index contributed by atoms with van der Waals surface area (Å²) in [6.45, 7) is 1.78. The van der Waals surface area contributed by atoms with Crippen LogP contribution in [-0.4, -0.2) is 27.1 Å². The van der Waals surface area contributed by atoms with E-state index in [0.29, 0.717) is 22.6 Å². The number of carboxylic acid groups (broad SMARTS) is 1. The summed E-state index contributed by atoms with van der Waals surface area (Å²) in [5.74, 6) is -1.10. The molecule has 7 heteroatoms. The number of benzene rings is 3. The summed E-state index contributed by atoms with van der Waals surface area (Å²) in [6.07, 6.45) is 0.117. The van der Waals surface area contributed by atoms with Crippen molar-refractivity contribution < 1.29 is 19.0 Å². The number of carboxylic acids is 1. The second-order valence-electron chi connectivity index (χ2n) is 7.70. The Labute approximate surface area is 201 Å². The van der Waals surface area contributed by atoms with Gasteiger partial charge in [-0.1, -0.05) is 72.8 Å². The van der Waals surface area contributed by atoms with Gasteiger partial charge in [0.2, 0.25) is 6.10 Å². The van der Waals surface area contributed by atoms with Crippen LogP contribution < -0.4 is 4.74 Å². The van der Waals surface area contributed by atoms with Crippen molar-refractivity contribution in [3.63, 3.8) is 0 Å². The first-order valence-corrected chi connectivity index (χ1v) is 11.7. The number of hydrogen-bond donors (Lipinski definition) is 1. The van der Waals surface area contributed by atoms with Gasteiger partial charge in [0, 0.05) is 17.6 Å². The average Bonchev–Trinajstić information content (AvgIpc) is 2.86. The molecule has 1 N–H and O–H groups in total. The third-order valence-corrected chi connectivity index (χ3v) is 6.99. The Hall–Kier alpha value is -3.71. The maximum atomic E-state index is 13.9. The van der Waals surface area contributed by atoms with Crippen LogP contribution in [0.2, 0.25) is 0 Å². The van der Waals surface area contributed by atoms with Crippen molar-refractivity contribution in [1.29, 1.82) is 0 Å². The lowest BCUT2D eigenvalue weighted by atomic mass is 9.85. The van der Waals surface area contributed by atoms with Gasteiger partial charge in [0.25, 0.3) is 0 Å². The number of aromatic nitrogens is 2. The molecule has 5 nitrogen and oxygen atoms in total. The zero-order chi connectivity index (χ0) is 24.0. The Morgan fingerprint density at radius 2 is 1.59 bits per heavy atom. The van der Waals surface area contributed by atoms with E-state index in [1.807, 2.05) is 60.7 Å². The molecule has 2 atom stereocenters. The highest BCUT2D eigenvalue weighted by Gasteiger charge is 2.49. The van der Waals surface area contributed by atoms with Crippen LogP contribution in [0.1, 0.15) is 22.4 Å². The van der Waals surface area contributed by atoms with Crippen LogP contribution in [0.4, 0.5) is 4.39 Å². The van der Waals surface area contributed by atoms with Crippen molar-refractivity contribution in [2.24, 2.45) is 0 Å². The van der Waals surface area contributed by atoms with Crippen LogP contribution >= 0.6 is 11.8 Å². The van der Waals surface area contributed by atoms with E-state index < -0.39 is 22.6 Å². The van der Waals surface area contributed by atoms with Crippen LogP contribution in [0, 0.1) is 12.7 Å². The van der Waals surface area contributed by atoms with Crippen molar-refractivity contribution in [2.75, 3.05) is 0 Å². The van der Waals surface area contributed by atoms with Crippen LogP contribution in [0.3, 0.4) is 0 Å². The van der Waals surface area contributed by atoms with Gasteiger partial charge in [0.1, 0.15) is 10.6 Å². The highest BCUT2D eigenvalue weighted by Crippen LogP contribution is 2.48. The van der Waals surface area contributed by atoms with E-state index in [-0.39, 0.29) is 6.01 Å². The molecule has 1 aromatic heterocycles. The fourth-order valence-electron chi connectivity index (χ4n) is 3.76. The number of hydrogen-bond acceptors (Lipinski definition) is 5. The van der Waals surface area contributed by atoms with Gasteiger partial charge in [-0.25, -0.2) is 19.2 Å². The van der Waals surface area contributed by atoms with Gasteiger partial charge in [-0.05, 0) is 41.8 Å². The van der Waals surface area contributed by atoms with Gasteiger partial charge in [-0.15, -0.1) is 11.8 Å². The van der Waals surface area contributed by atoms with Crippen LogP contribution in [0.15, 0.2) is 97.2 Å². The highest BCUT2D eigenvalue weighted by atomic mass is 32.2. The quantitative estimate of drug-likeness (QED) is 0.339. The summed E-state index contributed by atoms with van der Waals surface area (Å²) in [6, 6.07) is 26.6. The normalized spacial score (nSPS) is 13.6. The topological polar surface area (TPSA) is 72.3 Å². The maximum absolute atomic E-state index is 13.9. The molecule has 0 aliphatic heterocycles. The molecule has 0 saturated heterocycles. The monoisotopic (exact) mass is 474 g/mol. The van der Waals surface area contributed by atoms with Crippen molar-refractivity contribution in [3.05, 3.63) is 125 Å². The summed E-state index contributed by atoms with van der Waals surface area (Å²) in [4.78, 5) is 21.2. The number of carbonyl (C=O) groups is 1. The predicted octanol–water partition coefficient (Wildman–Crippen LogP) is 5.63. The van der Waals surface area contributed by atoms with E-state index >= 15 is 0 Å². The molecular weight excluding hydrogens is 451 g/mol. The Balaban J connectivity index is 1.90. The van der Waals surface area contributed by atoms with Gasteiger partial charge < -0.3 is 9.84 Å². The van der Waals surface area contributed by atoms with Crippen molar-refractivity contribution in [3.8, 4) is 6.01 Å². The molecule has 0 radical (unpaired) electrons. The molecule has 0 bridgehead atoms. The van der Waals surface area contributed by atoms with Gasteiger partial charge >= 0.3 is 12.0 Å². The van der Waals surface area contributed by atoms with Gasteiger partial charge in [-0.3, -0.25) is 0 Å². The third-order valence-electron chi connectivity index (χ3n) is 5.37. The maximum Gasteiger partial charge on any atom is 0.347 e. The summed E-state index contributed by atoms with van der Waals surface area (Å²) in [5.41, 5.74) is 2.98. The lowest BCUT2D eigenvalue weighted by molar-refractivity contribution is -0.146. The molecule has 0 aliphatic rings. The molecule has 4 rings (SSSR count). The van der Waals surface area contributed by atoms with Crippen molar-refractivity contribution in [1.82, 2.24) is 9.97 Å². The minimum Gasteiger partial charge on any atom is -0.478 e. The molecule has 0 spiro atoms. The largest absolute Gasteiger partial charge is 0.478 e. The molecule has 172 valence electrons. The third kappa shape index (κ3) is 5.10. The second kappa shape index (κ2) is 10.5. The van der Waals surface area contributed by atoms with Crippen molar-refractivity contribution in [2.45, 2.75) is 23.5 Å². The number of ether oxygens (including phenoxy) is 1. The molecule has 1 heterocycles. The van der Waals surface area contributed by atoms with E-state index in [1.54, 1.807) is 25.1 Å². The van der Waals surface area contributed by atoms with Gasteiger partial charge in [-0.2, -0.15) is 0 Å². The van der Waals surface area contributed by atoms with Crippen LogP contribution in [-0.2, 0) is 15.3 Å². The summed E-state index contributed by atoms with van der Waals surface area (Å²) in [5, 5.41) is 10.4. The molecule has 0 amide bonds. The molecule has 34 heavy (non-hydrogen) atoms. The molecule has 0 aliphatic carbocycles. The Morgan fingerprint density at radius 1 is 0.971 bits per heavy atom. The molecule has 0 fully saturated rings. The highest BCUT2D eigenvalue weighted by molar-refractivity contribution is 7.99. The van der Waals surface area contributed by atoms with E-state index in [2.05, 4.69) is 9.97 Å². The van der Waals surface area contributed by atoms with Crippen LogP contribution in [0.25, 0.3) is 0 Å². The first-order valence-electron chi connectivity index (χ1n) is 10.7. The van der Waals surface area contributed by atoms with Crippen molar-refractivity contribution >= 4 is 17.7 Å². The summed E-state index contributed by atoms with van der Waals surface area (Å²) >= 11 is 1.41. The molecule has 0 saturated carbocycles. The SMILES string of the molecule is Cc1ccnc(O[C@@H](C(=O)O)[C@@](SCc2ccccc2)(c2ccccc2)c2ccc(F)cc2)n1. The number of thioether (sulfide) groups is 1. The first-order chi connectivity index (χ1) is 16.5. The zero-order valence-corrected chi connectivity index (χ0v) is 19.3. The smallest absolute Gasteiger partial charge is 0.347 e. The first kappa shape index (κ1) is 23.4. The molecule has 3 aromatic carbocycles. The summed E-state index contributed by atoms with van der Waals surface area (Å²) in [7, 11) is 0. The fourth-order valence-corrected chi connectivity index (χ4v) is 5.25. The number of nitrogens with zero attached hydrogens (tertiary/aromatic N) is 2. The van der Waals surface area contributed by atoms with E-state index in [9.17, 15) is 14.3 Å². The number of rotatable bonds is 9. The second-order valence-corrected chi connectivity index (χ2v) is 8.92. The van der Waals surface area contributed by atoms with Crippen LogP contribution in [0.5, 0.6) is 6.01 Å². The fraction of sp³-hybridized carbons (Fsp3) is 0.148. The number of halogens is 1. The van der Waals surface area contributed by atoms with E-state index in [1.165, 1.54) is 30.1 Å². The number of aliphatic carboxylic acids is 1. The Kier molecular flexibility index (Phi) is 7.23.